The molecule has 2 bridgehead atoms. The lowest BCUT2D eigenvalue weighted by Gasteiger charge is -2.37. The molecule has 31 heavy (non-hydrogen) atoms. The average molecular weight is 411 g/mol. The van der Waals surface area contributed by atoms with Gasteiger partial charge in [0.1, 0.15) is 12.4 Å². The Labute approximate surface area is 180 Å². The number of carbonyl (C=O) groups excluding carboxylic acids is 2. The molecule has 154 valence electrons. The highest BCUT2D eigenvalue weighted by atomic mass is 16.5. The number of imide groups is 1. The lowest BCUT2D eigenvalue weighted by molar-refractivity contribution is -0.140. The van der Waals surface area contributed by atoms with E-state index in [2.05, 4.69) is 23.3 Å². The number of nitriles is 1. The molecule has 2 amide bonds. The Bertz CT molecular complexity index is 1100. The number of allylic oxidation sites excluding steroid dienone is 2. The standard InChI is InChI=1S/C25H21N3O3/c26-13-19-3-1-2-4-20(19)15-31-21-11-5-16(6-12-21)14-27-28-24(29)22-17-7-8-18(10-9-17)23(22)25(28)30/h1-8,11-12,14,17-18,22-23H,9-10,15H2/b27-14+. The zero-order valence-electron chi connectivity index (χ0n) is 16.8. The quantitative estimate of drug-likeness (QED) is 0.427. The maximum atomic E-state index is 12.8. The molecule has 4 aliphatic rings. The number of benzene rings is 2. The van der Waals surface area contributed by atoms with Crippen molar-refractivity contribution < 1.29 is 14.3 Å². The molecule has 1 aliphatic heterocycles. The summed E-state index contributed by atoms with van der Waals surface area (Å²) in [6.07, 6.45) is 7.68. The highest BCUT2D eigenvalue weighted by Gasteiger charge is 2.56. The predicted octanol–water partition coefficient (Wildman–Crippen LogP) is 3.67. The van der Waals surface area contributed by atoms with Gasteiger partial charge in [-0.25, -0.2) is 0 Å². The zero-order valence-corrected chi connectivity index (χ0v) is 16.8. The molecule has 6 heteroatoms. The van der Waals surface area contributed by atoms with Crippen LogP contribution in [0.4, 0.5) is 0 Å². The van der Waals surface area contributed by atoms with Crippen LogP contribution in [-0.2, 0) is 16.2 Å². The first kappa shape index (κ1) is 19.3. The highest BCUT2D eigenvalue weighted by Crippen LogP contribution is 2.49. The zero-order chi connectivity index (χ0) is 21.4. The molecule has 1 heterocycles. The largest absolute Gasteiger partial charge is 0.489 e. The molecule has 2 aromatic rings. The Balaban J connectivity index is 1.24. The van der Waals surface area contributed by atoms with Crippen molar-refractivity contribution in [2.24, 2.45) is 28.8 Å². The van der Waals surface area contributed by atoms with E-state index in [0.717, 1.165) is 29.0 Å². The normalized spacial score (nSPS) is 26.4. The van der Waals surface area contributed by atoms with Gasteiger partial charge in [-0.15, -0.1) is 0 Å². The van der Waals surface area contributed by atoms with Gasteiger partial charge in [-0.05, 0) is 60.6 Å². The van der Waals surface area contributed by atoms with Gasteiger partial charge in [0, 0.05) is 5.56 Å². The molecular formula is C25H21N3O3. The predicted molar refractivity (Wildman–Crippen MR) is 114 cm³/mol. The summed E-state index contributed by atoms with van der Waals surface area (Å²) < 4.78 is 5.78. The second kappa shape index (κ2) is 7.84. The molecule has 1 saturated heterocycles. The van der Waals surface area contributed by atoms with Gasteiger partial charge in [0.2, 0.25) is 0 Å². The van der Waals surface area contributed by atoms with Crippen LogP contribution >= 0.6 is 0 Å². The van der Waals surface area contributed by atoms with Gasteiger partial charge in [0.25, 0.3) is 11.8 Å². The maximum Gasteiger partial charge on any atom is 0.254 e. The second-order valence-corrected chi connectivity index (χ2v) is 8.20. The Morgan fingerprint density at radius 1 is 1.00 bits per heavy atom. The van der Waals surface area contributed by atoms with Crippen LogP contribution in [-0.4, -0.2) is 23.0 Å². The van der Waals surface area contributed by atoms with Gasteiger partial charge in [0.05, 0.1) is 29.7 Å². The van der Waals surface area contributed by atoms with E-state index >= 15 is 0 Å². The smallest absolute Gasteiger partial charge is 0.254 e. The molecule has 4 atom stereocenters. The summed E-state index contributed by atoms with van der Waals surface area (Å²) in [5.74, 6) is 0.124. The van der Waals surface area contributed by atoms with E-state index in [4.69, 9.17) is 10.00 Å². The van der Waals surface area contributed by atoms with Crippen LogP contribution in [0.5, 0.6) is 5.75 Å². The fourth-order valence-electron chi connectivity index (χ4n) is 4.86. The third-order valence-electron chi connectivity index (χ3n) is 6.47. The minimum absolute atomic E-state index is 0.161. The first-order chi connectivity index (χ1) is 15.2. The molecular weight excluding hydrogens is 390 g/mol. The van der Waals surface area contributed by atoms with Crippen molar-refractivity contribution in [2.45, 2.75) is 19.4 Å². The summed E-state index contributed by atoms with van der Waals surface area (Å²) in [6, 6.07) is 16.7. The molecule has 2 fully saturated rings. The number of hydrogen-bond acceptors (Lipinski definition) is 5. The first-order valence-corrected chi connectivity index (χ1v) is 10.5. The molecule has 0 aromatic heterocycles. The van der Waals surface area contributed by atoms with Crippen molar-refractivity contribution >= 4 is 18.0 Å². The minimum Gasteiger partial charge on any atom is -0.489 e. The van der Waals surface area contributed by atoms with E-state index in [9.17, 15) is 9.59 Å². The number of carbonyl (C=O) groups is 2. The molecule has 6 rings (SSSR count). The van der Waals surface area contributed by atoms with Gasteiger partial charge in [-0.3, -0.25) is 9.59 Å². The van der Waals surface area contributed by atoms with Gasteiger partial charge >= 0.3 is 0 Å². The summed E-state index contributed by atoms with van der Waals surface area (Å²) >= 11 is 0. The third kappa shape index (κ3) is 3.42. The molecule has 0 radical (unpaired) electrons. The van der Waals surface area contributed by atoms with E-state index in [1.807, 2.05) is 30.3 Å². The SMILES string of the molecule is N#Cc1ccccc1COc1ccc(/C=N/N2C(=O)C3C4C=CC(CC4)C3C2=O)cc1. The summed E-state index contributed by atoms with van der Waals surface area (Å²) in [4.78, 5) is 25.6. The van der Waals surface area contributed by atoms with Crippen molar-refractivity contribution in [3.63, 3.8) is 0 Å². The van der Waals surface area contributed by atoms with Crippen LogP contribution < -0.4 is 4.74 Å². The molecule has 0 N–H and O–H groups in total. The monoisotopic (exact) mass is 411 g/mol. The maximum absolute atomic E-state index is 12.8. The topological polar surface area (TPSA) is 82.8 Å². The number of fused-ring (bicyclic) bond motifs is 1. The van der Waals surface area contributed by atoms with Crippen molar-refractivity contribution in [2.75, 3.05) is 0 Å². The van der Waals surface area contributed by atoms with E-state index in [1.54, 1.807) is 18.2 Å². The van der Waals surface area contributed by atoms with Gasteiger partial charge < -0.3 is 4.74 Å². The number of nitrogens with zero attached hydrogens (tertiary/aromatic N) is 3. The molecule has 6 nitrogen and oxygen atoms in total. The Morgan fingerprint density at radius 3 is 2.26 bits per heavy atom. The van der Waals surface area contributed by atoms with Crippen LogP contribution in [0.15, 0.2) is 65.8 Å². The van der Waals surface area contributed by atoms with Crippen LogP contribution in [0.1, 0.15) is 29.5 Å². The fourth-order valence-corrected chi connectivity index (χ4v) is 4.86. The van der Waals surface area contributed by atoms with Crippen molar-refractivity contribution in [3.05, 3.63) is 77.4 Å². The third-order valence-corrected chi connectivity index (χ3v) is 6.47. The molecule has 1 saturated carbocycles. The van der Waals surface area contributed by atoms with E-state index in [0.29, 0.717) is 17.9 Å². The van der Waals surface area contributed by atoms with E-state index in [-0.39, 0.29) is 35.5 Å². The summed E-state index contributed by atoms with van der Waals surface area (Å²) in [5.41, 5.74) is 2.18. The lowest BCUT2D eigenvalue weighted by atomic mass is 9.63. The van der Waals surface area contributed by atoms with Crippen LogP contribution in [0.2, 0.25) is 0 Å². The molecule has 2 aromatic carbocycles. The fraction of sp³-hybridized carbons (Fsp3) is 0.280. The number of hydrogen-bond donors (Lipinski definition) is 0. The average Bonchev–Trinajstić information content (AvgIpc) is 3.09. The van der Waals surface area contributed by atoms with Crippen LogP contribution in [0.3, 0.4) is 0 Å². The summed E-state index contributed by atoms with van der Waals surface area (Å²) in [7, 11) is 0. The Kier molecular flexibility index (Phi) is 4.87. The number of ether oxygens (including phenoxy) is 1. The molecule has 0 spiro atoms. The number of rotatable bonds is 5. The van der Waals surface area contributed by atoms with Crippen molar-refractivity contribution in [1.82, 2.24) is 5.01 Å². The van der Waals surface area contributed by atoms with E-state index in [1.165, 1.54) is 6.21 Å². The van der Waals surface area contributed by atoms with Crippen LogP contribution in [0.25, 0.3) is 0 Å². The summed E-state index contributed by atoms with van der Waals surface area (Å²) in [5, 5.41) is 14.5. The summed E-state index contributed by atoms with van der Waals surface area (Å²) in [6.45, 7) is 0.299. The van der Waals surface area contributed by atoms with E-state index < -0.39 is 0 Å². The molecule has 3 aliphatic carbocycles. The Hall–Kier alpha value is -3.72. The highest BCUT2D eigenvalue weighted by molar-refractivity contribution is 6.06. The Morgan fingerprint density at radius 2 is 1.65 bits per heavy atom. The molecule has 4 unspecified atom stereocenters. The van der Waals surface area contributed by atoms with Crippen molar-refractivity contribution in [1.29, 1.82) is 5.26 Å². The van der Waals surface area contributed by atoms with Gasteiger partial charge in [-0.1, -0.05) is 30.4 Å². The minimum atomic E-state index is -0.250. The van der Waals surface area contributed by atoms with Crippen LogP contribution in [0, 0.1) is 35.0 Å². The van der Waals surface area contributed by atoms with Gasteiger partial charge in [0.15, 0.2) is 0 Å². The number of hydrazone groups is 1. The lowest BCUT2D eigenvalue weighted by Crippen LogP contribution is -2.38. The second-order valence-electron chi connectivity index (χ2n) is 8.20. The van der Waals surface area contributed by atoms with Crippen molar-refractivity contribution in [3.8, 4) is 11.8 Å². The number of amides is 2. The first-order valence-electron chi connectivity index (χ1n) is 10.5. The van der Waals surface area contributed by atoms with Gasteiger partial charge in [-0.2, -0.15) is 15.4 Å².